The van der Waals surface area contributed by atoms with Crippen LogP contribution in [0, 0.1) is 5.92 Å². The quantitative estimate of drug-likeness (QED) is 0.402. The molecule has 1 aromatic carbocycles. The fourth-order valence-corrected chi connectivity index (χ4v) is 3.30. The van der Waals surface area contributed by atoms with Crippen LogP contribution < -0.4 is 20.1 Å². The highest BCUT2D eigenvalue weighted by Crippen LogP contribution is 2.32. The van der Waals surface area contributed by atoms with E-state index in [4.69, 9.17) is 9.47 Å². The summed E-state index contributed by atoms with van der Waals surface area (Å²) in [6.07, 6.45) is 2.59. The predicted molar refractivity (Wildman–Crippen MR) is 111 cm³/mol. The van der Waals surface area contributed by atoms with E-state index in [9.17, 15) is 0 Å². The average molecular weight is 460 g/mol. The molecule has 0 amide bonds. The molecule has 0 radical (unpaired) electrons. The summed E-state index contributed by atoms with van der Waals surface area (Å²) in [6.45, 7) is 7.80. The van der Waals surface area contributed by atoms with Crippen molar-refractivity contribution in [3.05, 3.63) is 23.8 Å². The number of benzene rings is 1. The Morgan fingerprint density at radius 3 is 2.92 bits per heavy atom. The number of hydrogen-bond acceptors (Lipinski definition) is 4. The zero-order valence-electron chi connectivity index (χ0n) is 15.1. The summed E-state index contributed by atoms with van der Waals surface area (Å²) >= 11 is 0. The van der Waals surface area contributed by atoms with Gasteiger partial charge < -0.3 is 25.0 Å². The largest absolute Gasteiger partial charge is 0.454 e. The molecule has 1 atom stereocenters. The molecule has 0 aliphatic carbocycles. The highest BCUT2D eigenvalue weighted by Gasteiger charge is 2.19. The molecule has 0 bridgehead atoms. The van der Waals surface area contributed by atoms with E-state index in [0.717, 1.165) is 36.1 Å². The highest BCUT2D eigenvalue weighted by molar-refractivity contribution is 14.0. The van der Waals surface area contributed by atoms with Crippen molar-refractivity contribution >= 4 is 29.9 Å². The number of halogens is 1. The number of piperidine rings is 1. The minimum atomic E-state index is 0. The van der Waals surface area contributed by atoms with E-state index in [1.165, 1.54) is 25.9 Å². The third kappa shape index (κ3) is 5.64. The minimum Gasteiger partial charge on any atom is -0.454 e. The highest BCUT2D eigenvalue weighted by atomic mass is 127. The molecular formula is C18H29IN4O2. The zero-order valence-corrected chi connectivity index (χ0v) is 17.4. The molecule has 0 aromatic heterocycles. The van der Waals surface area contributed by atoms with Crippen molar-refractivity contribution in [2.45, 2.75) is 26.3 Å². The molecule has 1 unspecified atom stereocenters. The standard InChI is InChI=1S/C18H28N4O2.HI/c1-3-22-8-4-5-15(12-22)11-21-18(19-2)20-10-14-6-7-16-17(9-14)24-13-23-16;/h6-7,9,15H,3-5,8,10-13H2,1-2H3,(H2,19,20,21);1H. The molecule has 0 spiro atoms. The second-order valence-corrected chi connectivity index (χ2v) is 6.40. The van der Waals surface area contributed by atoms with Gasteiger partial charge in [-0.3, -0.25) is 4.99 Å². The SMILES string of the molecule is CCN1CCCC(CNC(=NC)NCc2ccc3c(c2)OCO3)C1.I. The van der Waals surface area contributed by atoms with Gasteiger partial charge in [0.15, 0.2) is 17.5 Å². The summed E-state index contributed by atoms with van der Waals surface area (Å²) in [7, 11) is 1.81. The van der Waals surface area contributed by atoms with Crippen molar-refractivity contribution in [1.29, 1.82) is 0 Å². The van der Waals surface area contributed by atoms with Crippen molar-refractivity contribution in [1.82, 2.24) is 15.5 Å². The van der Waals surface area contributed by atoms with Crippen LogP contribution >= 0.6 is 24.0 Å². The zero-order chi connectivity index (χ0) is 16.8. The van der Waals surface area contributed by atoms with Crippen LogP contribution in [0.2, 0.25) is 0 Å². The molecule has 2 N–H and O–H groups in total. The maximum Gasteiger partial charge on any atom is 0.231 e. The van der Waals surface area contributed by atoms with Gasteiger partial charge in [0, 0.05) is 26.7 Å². The molecule has 2 aliphatic heterocycles. The molecular weight excluding hydrogens is 431 g/mol. The van der Waals surface area contributed by atoms with E-state index in [-0.39, 0.29) is 24.0 Å². The van der Waals surface area contributed by atoms with Crippen molar-refractivity contribution in [2.24, 2.45) is 10.9 Å². The first-order chi connectivity index (χ1) is 11.8. The molecule has 2 heterocycles. The van der Waals surface area contributed by atoms with Gasteiger partial charge in [0.2, 0.25) is 6.79 Å². The van der Waals surface area contributed by atoms with Gasteiger partial charge in [-0.15, -0.1) is 24.0 Å². The molecule has 7 heteroatoms. The smallest absolute Gasteiger partial charge is 0.231 e. The van der Waals surface area contributed by atoms with E-state index < -0.39 is 0 Å². The molecule has 0 saturated carbocycles. The van der Waals surface area contributed by atoms with E-state index in [1.54, 1.807) is 0 Å². The van der Waals surface area contributed by atoms with Crippen LogP contribution in [0.4, 0.5) is 0 Å². The van der Waals surface area contributed by atoms with Gasteiger partial charge in [-0.05, 0) is 49.5 Å². The Bertz CT molecular complexity index is 582. The third-order valence-electron chi connectivity index (χ3n) is 4.73. The topological polar surface area (TPSA) is 58.1 Å². The van der Waals surface area contributed by atoms with Crippen LogP contribution in [0.3, 0.4) is 0 Å². The lowest BCUT2D eigenvalue weighted by Crippen LogP contribution is -2.44. The van der Waals surface area contributed by atoms with Crippen LogP contribution in [0.1, 0.15) is 25.3 Å². The maximum atomic E-state index is 5.42. The monoisotopic (exact) mass is 460 g/mol. The summed E-state index contributed by atoms with van der Waals surface area (Å²) in [5.41, 5.74) is 1.15. The van der Waals surface area contributed by atoms with Crippen LogP contribution in [-0.2, 0) is 6.54 Å². The van der Waals surface area contributed by atoms with Crippen LogP contribution in [0.15, 0.2) is 23.2 Å². The summed E-state index contributed by atoms with van der Waals surface area (Å²) < 4.78 is 10.8. The van der Waals surface area contributed by atoms with E-state index in [0.29, 0.717) is 19.3 Å². The van der Waals surface area contributed by atoms with Gasteiger partial charge in [0.25, 0.3) is 0 Å². The summed E-state index contributed by atoms with van der Waals surface area (Å²) in [5.74, 6) is 3.18. The number of likely N-dealkylation sites (tertiary alicyclic amines) is 1. The van der Waals surface area contributed by atoms with Gasteiger partial charge in [-0.2, -0.15) is 0 Å². The third-order valence-corrected chi connectivity index (χ3v) is 4.73. The Kier molecular flexibility index (Phi) is 8.08. The van der Waals surface area contributed by atoms with Crippen LogP contribution in [0.5, 0.6) is 11.5 Å². The van der Waals surface area contributed by atoms with Gasteiger partial charge in [0.05, 0.1) is 0 Å². The Hall–Kier alpha value is -1.22. The summed E-state index contributed by atoms with van der Waals surface area (Å²) in [5, 5.41) is 6.83. The fraction of sp³-hybridized carbons (Fsp3) is 0.611. The minimum absolute atomic E-state index is 0. The predicted octanol–water partition coefficient (Wildman–Crippen LogP) is 2.43. The Morgan fingerprint density at radius 1 is 1.28 bits per heavy atom. The van der Waals surface area contributed by atoms with Crippen molar-refractivity contribution < 1.29 is 9.47 Å². The lowest BCUT2D eigenvalue weighted by molar-refractivity contribution is 0.174. The lowest BCUT2D eigenvalue weighted by Gasteiger charge is -2.32. The van der Waals surface area contributed by atoms with Crippen LogP contribution in [0.25, 0.3) is 0 Å². The molecule has 1 aromatic rings. The average Bonchev–Trinajstić information content (AvgIpc) is 3.10. The summed E-state index contributed by atoms with van der Waals surface area (Å²) in [4.78, 5) is 6.85. The molecule has 1 fully saturated rings. The molecule has 2 aliphatic rings. The van der Waals surface area contributed by atoms with Crippen molar-refractivity contribution in [3.8, 4) is 11.5 Å². The first-order valence-electron chi connectivity index (χ1n) is 8.84. The maximum absolute atomic E-state index is 5.42. The van der Waals surface area contributed by atoms with E-state index in [2.05, 4.69) is 27.4 Å². The van der Waals surface area contributed by atoms with E-state index in [1.807, 2.05) is 25.2 Å². The van der Waals surface area contributed by atoms with Crippen molar-refractivity contribution in [2.75, 3.05) is 40.0 Å². The molecule has 25 heavy (non-hydrogen) atoms. The first kappa shape index (κ1) is 20.1. The molecule has 1 saturated heterocycles. The number of nitrogens with one attached hydrogen (secondary N) is 2. The second-order valence-electron chi connectivity index (χ2n) is 6.40. The Morgan fingerprint density at radius 2 is 2.12 bits per heavy atom. The molecule has 6 nitrogen and oxygen atoms in total. The number of aliphatic imine (C=N–C) groups is 1. The lowest BCUT2D eigenvalue weighted by atomic mass is 9.98. The number of ether oxygens (including phenoxy) is 2. The number of rotatable bonds is 5. The number of hydrogen-bond donors (Lipinski definition) is 2. The van der Waals surface area contributed by atoms with E-state index >= 15 is 0 Å². The van der Waals surface area contributed by atoms with Gasteiger partial charge >= 0.3 is 0 Å². The van der Waals surface area contributed by atoms with Crippen molar-refractivity contribution in [3.63, 3.8) is 0 Å². The Labute approximate surface area is 167 Å². The molecule has 3 rings (SSSR count). The fourth-order valence-electron chi connectivity index (χ4n) is 3.30. The normalized spacial score (nSPS) is 20.1. The van der Waals surface area contributed by atoms with Gasteiger partial charge in [-0.25, -0.2) is 0 Å². The number of fused-ring (bicyclic) bond motifs is 1. The Balaban J connectivity index is 0.00000225. The molecule has 140 valence electrons. The summed E-state index contributed by atoms with van der Waals surface area (Å²) in [6, 6.07) is 6.02. The van der Waals surface area contributed by atoms with Gasteiger partial charge in [-0.1, -0.05) is 13.0 Å². The van der Waals surface area contributed by atoms with Crippen LogP contribution in [-0.4, -0.2) is 50.9 Å². The van der Waals surface area contributed by atoms with Gasteiger partial charge in [0.1, 0.15) is 0 Å². The number of nitrogens with zero attached hydrogens (tertiary/aromatic N) is 2. The second kappa shape index (κ2) is 10.1. The first-order valence-corrected chi connectivity index (χ1v) is 8.84. The number of guanidine groups is 1.